The largest absolute Gasteiger partial charge is 0.394 e. The lowest BCUT2D eigenvalue weighted by Gasteiger charge is -2.15. The standard InChI is InChI=1S/C14H21N5O8/c15-12-16-9-8(10(22)17-12)18(3-1-2-14(24,25)26)13(23)19(9)11-7(21)4-6(5-20)27-11/h6-7,11,20-21,24-26H,1-5H2,(H3,15,16,17,22). The van der Waals surface area contributed by atoms with Crippen LogP contribution in [0.5, 0.6) is 0 Å². The van der Waals surface area contributed by atoms with Crippen LogP contribution in [0.15, 0.2) is 9.59 Å². The van der Waals surface area contributed by atoms with Crippen molar-refractivity contribution >= 4 is 17.1 Å². The molecule has 0 saturated carbocycles. The highest BCUT2D eigenvalue weighted by molar-refractivity contribution is 5.71. The first-order valence-electron chi connectivity index (χ1n) is 8.24. The molecule has 2 aromatic rings. The molecule has 1 aliphatic rings. The lowest BCUT2D eigenvalue weighted by Crippen LogP contribution is -2.33. The number of imidazole rings is 1. The Labute approximate surface area is 150 Å². The second-order valence-corrected chi connectivity index (χ2v) is 6.44. The molecule has 1 fully saturated rings. The van der Waals surface area contributed by atoms with E-state index in [9.17, 15) is 19.8 Å². The number of rotatable bonds is 6. The monoisotopic (exact) mass is 387 g/mol. The first-order chi connectivity index (χ1) is 12.6. The number of aromatic nitrogens is 4. The van der Waals surface area contributed by atoms with Crippen molar-refractivity contribution in [1.29, 1.82) is 0 Å². The van der Waals surface area contributed by atoms with Gasteiger partial charge in [0.05, 0.1) is 12.7 Å². The fourth-order valence-corrected chi connectivity index (χ4v) is 3.19. The van der Waals surface area contributed by atoms with E-state index in [1.165, 1.54) is 0 Å². The van der Waals surface area contributed by atoms with Crippen molar-refractivity contribution in [2.45, 2.75) is 50.2 Å². The molecule has 0 aromatic carbocycles. The smallest absolute Gasteiger partial charge is 0.332 e. The Morgan fingerprint density at radius 3 is 2.63 bits per heavy atom. The number of ether oxygens (including phenoxy) is 1. The number of aromatic amines is 1. The summed E-state index contributed by atoms with van der Waals surface area (Å²) < 4.78 is 7.49. The number of nitrogen functional groups attached to an aromatic ring is 1. The summed E-state index contributed by atoms with van der Waals surface area (Å²) in [5.41, 5.74) is 3.86. The van der Waals surface area contributed by atoms with Crippen LogP contribution >= 0.6 is 0 Å². The third kappa shape index (κ3) is 3.73. The zero-order valence-electron chi connectivity index (χ0n) is 14.1. The molecule has 1 aliphatic heterocycles. The van der Waals surface area contributed by atoms with Gasteiger partial charge in [0.1, 0.15) is 6.10 Å². The SMILES string of the molecule is Nc1nc2c(c(=O)[nH]1)n(CCCC(O)(O)O)c(=O)n2C1OC(CO)CC1O. The van der Waals surface area contributed by atoms with Crippen LogP contribution in [0.25, 0.3) is 11.2 Å². The lowest BCUT2D eigenvalue weighted by molar-refractivity contribution is -0.315. The predicted octanol–water partition coefficient (Wildman–Crippen LogP) is -3.48. The van der Waals surface area contributed by atoms with Gasteiger partial charge in [-0.2, -0.15) is 4.98 Å². The molecule has 3 heterocycles. The normalized spacial score (nSPS) is 23.4. The van der Waals surface area contributed by atoms with Crippen molar-refractivity contribution in [3.8, 4) is 0 Å². The van der Waals surface area contributed by atoms with E-state index in [1.807, 2.05) is 0 Å². The Morgan fingerprint density at radius 1 is 1.33 bits per heavy atom. The molecule has 8 N–H and O–H groups in total. The van der Waals surface area contributed by atoms with Gasteiger partial charge in [-0.1, -0.05) is 0 Å². The van der Waals surface area contributed by atoms with Crippen LogP contribution in [0.1, 0.15) is 25.5 Å². The van der Waals surface area contributed by atoms with Crippen molar-refractivity contribution in [2.75, 3.05) is 12.3 Å². The van der Waals surface area contributed by atoms with Gasteiger partial charge in [0.15, 0.2) is 17.4 Å². The topological polar surface area (TPSA) is 209 Å². The molecule has 0 amide bonds. The van der Waals surface area contributed by atoms with Gasteiger partial charge in [-0.05, 0) is 6.42 Å². The predicted molar refractivity (Wildman–Crippen MR) is 89.3 cm³/mol. The zero-order valence-corrected chi connectivity index (χ0v) is 14.1. The van der Waals surface area contributed by atoms with E-state index in [2.05, 4.69) is 9.97 Å². The van der Waals surface area contributed by atoms with Gasteiger partial charge in [0, 0.05) is 19.4 Å². The van der Waals surface area contributed by atoms with Crippen molar-refractivity contribution in [2.24, 2.45) is 0 Å². The molecule has 0 bridgehead atoms. The summed E-state index contributed by atoms with van der Waals surface area (Å²) >= 11 is 0. The van der Waals surface area contributed by atoms with Crippen LogP contribution < -0.4 is 17.0 Å². The molecule has 27 heavy (non-hydrogen) atoms. The fourth-order valence-electron chi connectivity index (χ4n) is 3.19. The Bertz CT molecular complexity index is 942. The minimum Gasteiger partial charge on any atom is -0.394 e. The number of nitrogens with one attached hydrogen (secondary N) is 1. The molecular weight excluding hydrogens is 366 g/mol. The number of fused-ring (bicyclic) bond motifs is 1. The number of anilines is 1. The molecule has 150 valence electrons. The Hall–Kier alpha value is -2.29. The van der Waals surface area contributed by atoms with Gasteiger partial charge in [-0.3, -0.25) is 14.3 Å². The van der Waals surface area contributed by atoms with Crippen LogP contribution in [-0.4, -0.2) is 69.4 Å². The third-order valence-electron chi connectivity index (χ3n) is 4.35. The molecule has 13 heteroatoms. The molecule has 2 aromatic heterocycles. The Kier molecular flexibility index (Phi) is 5.07. The first-order valence-corrected chi connectivity index (χ1v) is 8.24. The number of hydrogen-bond donors (Lipinski definition) is 7. The minimum absolute atomic E-state index is 0.0559. The second-order valence-electron chi connectivity index (χ2n) is 6.44. The van der Waals surface area contributed by atoms with Crippen molar-refractivity contribution in [3.63, 3.8) is 0 Å². The molecule has 13 nitrogen and oxygen atoms in total. The molecule has 0 aliphatic carbocycles. The van der Waals surface area contributed by atoms with E-state index in [1.54, 1.807) is 0 Å². The minimum atomic E-state index is -2.91. The summed E-state index contributed by atoms with van der Waals surface area (Å²) in [5, 5.41) is 46.4. The summed E-state index contributed by atoms with van der Waals surface area (Å²) in [6.45, 7) is -0.505. The number of nitrogens with two attached hydrogens (primary N) is 1. The highest BCUT2D eigenvalue weighted by Crippen LogP contribution is 2.29. The summed E-state index contributed by atoms with van der Waals surface area (Å²) in [4.78, 5) is 31.4. The Balaban J connectivity index is 2.10. The van der Waals surface area contributed by atoms with E-state index in [4.69, 9.17) is 25.8 Å². The average molecular weight is 387 g/mol. The van der Waals surface area contributed by atoms with Gasteiger partial charge in [0.25, 0.3) is 11.5 Å². The van der Waals surface area contributed by atoms with Crippen molar-refractivity contribution < 1.29 is 30.3 Å². The highest BCUT2D eigenvalue weighted by atomic mass is 16.7. The van der Waals surface area contributed by atoms with Crippen molar-refractivity contribution in [3.05, 3.63) is 20.8 Å². The van der Waals surface area contributed by atoms with E-state index in [0.717, 1.165) is 9.13 Å². The van der Waals surface area contributed by atoms with Gasteiger partial charge < -0.3 is 36.0 Å². The highest BCUT2D eigenvalue weighted by Gasteiger charge is 2.38. The molecule has 0 spiro atoms. The maximum Gasteiger partial charge on any atom is 0.332 e. The molecular formula is C14H21N5O8. The molecule has 3 atom stereocenters. The number of nitrogens with zero attached hydrogens (tertiary/aromatic N) is 3. The molecule has 3 unspecified atom stereocenters. The van der Waals surface area contributed by atoms with Crippen LogP contribution in [0.3, 0.4) is 0 Å². The number of hydrogen-bond acceptors (Lipinski definition) is 10. The van der Waals surface area contributed by atoms with Crippen LogP contribution in [0, 0.1) is 0 Å². The molecule has 1 saturated heterocycles. The summed E-state index contributed by atoms with van der Waals surface area (Å²) in [6, 6.07) is 0. The van der Waals surface area contributed by atoms with E-state index < -0.39 is 42.1 Å². The summed E-state index contributed by atoms with van der Waals surface area (Å²) in [5.74, 6) is -3.15. The number of aliphatic hydroxyl groups is 5. The van der Waals surface area contributed by atoms with Crippen LogP contribution in [0.4, 0.5) is 5.95 Å². The van der Waals surface area contributed by atoms with Gasteiger partial charge >= 0.3 is 5.69 Å². The van der Waals surface area contributed by atoms with E-state index in [-0.39, 0.29) is 43.1 Å². The number of aryl methyl sites for hydroxylation is 1. The summed E-state index contributed by atoms with van der Waals surface area (Å²) in [7, 11) is 0. The summed E-state index contributed by atoms with van der Waals surface area (Å²) in [6.07, 6.45) is -3.43. The lowest BCUT2D eigenvalue weighted by atomic mass is 10.2. The van der Waals surface area contributed by atoms with Crippen molar-refractivity contribution in [1.82, 2.24) is 19.1 Å². The van der Waals surface area contributed by atoms with Gasteiger partial charge in [-0.15, -0.1) is 0 Å². The van der Waals surface area contributed by atoms with Crippen LogP contribution in [0.2, 0.25) is 0 Å². The van der Waals surface area contributed by atoms with E-state index >= 15 is 0 Å². The molecule has 3 rings (SSSR count). The zero-order chi connectivity index (χ0) is 19.9. The van der Waals surface area contributed by atoms with Gasteiger partial charge in [0.2, 0.25) is 5.95 Å². The average Bonchev–Trinajstić information content (AvgIpc) is 3.04. The quantitative estimate of drug-likeness (QED) is 0.243. The Morgan fingerprint density at radius 2 is 2.04 bits per heavy atom. The van der Waals surface area contributed by atoms with Gasteiger partial charge in [-0.25, -0.2) is 9.36 Å². The molecule has 0 radical (unpaired) electrons. The third-order valence-corrected chi connectivity index (χ3v) is 4.35. The number of aliphatic hydroxyl groups excluding tert-OH is 2. The number of H-pyrrole nitrogens is 1. The van der Waals surface area contributed by atoms with E-state index in [0.29, 0.717) is 0 Å². The first kappa shape index (κ1) is 19.5. The van der Waals surface area contributed by atoms with Crippen LogP contribution in [-0.2, 0) is 11.3 Å². The maximum absolute atomic E-state index is 12.9. The maximum atomic E-state index is 12.9. The second kappa shape index (κ2) is 7.03. The fraction of sp³-hybridized carbons (Fsp3) is 0.643.